The zero-order chi connectivity index (χ0) is 13.0. The van der Waals surface area contributed by atoms with Gasteiger partial charge < -0.3 is 5.32 Å². The molecule has 1 saturated carbocycles. The van der Waals surface area contributed by atoms with Crippen LogP contribution >= 0.6 is 11.6 Å². The van der Waals surface area contributed by atoms with Crippen LogP contribution in [-0.4, -0.2) is 16.5 Å². The van der Waals surface area contributed by atoms with E-state index in [1.807, 2.05) is 13.0 Å². The maximum Gasteiger partial charge on any atom is 0.134 e. The lowest BCUT2D eigenvalue weighted by Gasteiger charge is -2.33. The van der Waals surface area contributed by atoms with Crippen LogP contribution in [0.25, 0.3) is 0 Å². The number of hydrogen-bond donors (Lipinski definition) is 1. The van der Waals surface area contributed by atoms with Gasteiger partial charge in [-0.15, -0.1) is 0 Å². The zero-order valence-corrected chi connectivity index (χ0v) is 12.1. The van der Waals surface area contributed by atoms with Gasteiger partial charge in [-0.2, -0.15) is 0 Å². The predicted octanol–water partition coefficient (Wildman–Crippen LogP) is 4.07. The number of anilines is 1. The Balaban J connectivity index is 1.98. The van der Waals surface area contributed by atoms with E-state index in [1.54, 1.807) is 0 Å². The van der Waals surface area contributed by atoms with Gasteiger partial charge in [-0.25, -0.2) is 9.97 Å². The van der Waals surface area contributed by atoms with Gasteiger partial charge in [0.15, 0.2) is 0 Å². The molecular formula is C14H22ClN3. The molecule has 0 aromatic carbocycles. The molecule has 1 aliphatic rings. The lowest BCUT2D eigenvalue weighted by Crippen LogP contribution is -2.29. The van der Waals surface area contributed by atoms with Crippen LogP contribution in [0.3, 0.4) is 0 Å². The average molecular weight is 268 g/mol. The molecule has 0 spiro atoms. The number of nitrogens with zero attached hydrogens (tertiary/aromatic N) is 2. The summed E-state index contributed by atoms with van der Waals surface area (Å²) < 4.78 is 0. The van der Waals surface area contributed by atoms with E-state index in [4.69, 9.17) is 11.6 Å². The summed E-state index contributed by atoms with van der Waals surface area (Å²) in [6.45, 7) is 5.38. The fraction of sp³-hybridized carbons (Fsp3) is 0.714. The molecule has 18 heavy (non-hydrogen) atoms. The number of aryl methyl sites for hydroxylation is 1. The van der Waals surface area contributed by atoms with Crippen LogP contribution < -0.4 is 5.32 Å². The Hall–Kier alpha value is -0.830. The zero-order valence-electron chi connectivity index (χ0n) is 11.3. The fourth-order valence-corrected chi connectivity index (χ4v) is 2.80. The van der Waals surface area contributed by atoms with Crippen LogP contribution in [0.2, 0.25) is 5.15 Å². The van der Waals surface area contributed by atoms with Crippen molar-refractivity contribution in [3.63, 3.8) is 0 Å². The van der Waals surface area contributed by atoms with Gasteiger partial charge >= 0.3 is 0 Å². The van der Waals surface area contributed by atoms with E-state index in [2.05, 4.69) is 22.2 Å². The van der Waals surface area contributed by atoms with Crippen molar-refractivity contribution in [2.24, 2.45) is 5.41 Å². The molecule has 0 unspecified atom stereocenters. The Labute approximate surface area is 114 Å². The fourth-order valence-electron chi connectivity index (χ4n) is 2.60. The van der Waals surface area contributed by atoms with Crippen LogP contribution in [0, 0.1) is 5.41 Å². The second kappa shape index (κ2) is 5.87. The van der Waals surface area contributed by atoms with Crippen molar-refractivity contribution >= 4 is 17.4 Å². The van der Waals surface area contributed by atoms with Gasteiger partial charge in [0, 0.05) is 19.0 Å². The summed E-state index contributed by atoms with van der Waals surface area (Å²) in [5, 5.41) is 3.96. The van der Waals surface area contributed by atoms with Gasteiger partial charge in [-0.05, 0) is 18.3 Å². The first-order valence-electron chi connectivity index (χ1n) is 6.89. The molecule has 1 aromatic heterocycles. The minimum atomic E-state index is 0.405. The molecule has 0 aliphatic heterocycles. The Morgan fingerprint density at radius 2 is 2.00 bits per heavy atom. The summed E-state index contributed by atoms with van der Waals surface area (Å²) in [5.74, 6) is 1.66. The Kier molecular flexibility index (Phi) is 4.44. The first-order valence-corrected chi connectivity index (χ1v) is 7.26. The van der Waals surface area contributed by atoms with Crippen LogP contribution in [0.5, 0.6) is 0 Å². The third kappa shape index (κ3) is 3.58. The normalized spacial score (nSPS) is 18.6. The maximum absolute atomic E-state index is 5.99. The van der Waals surface area contributed by atoms with Crippen molar-refractivity contribution in [2.45, 2.75) is 52.4 Å². The van der Waals surface area contributed by atoms with Crippen molar-refractivity contribution < 1.29 is 0 Å². The van der Waals surface area contributed by atoms with E-state index < -0.39 is 0 Å². The number of rotatable bonds is 4. The molecule has 2 rings (SSSR count). The molecule has 100 valence electrons. The van der Waals surface area contributed by atoms with Crippen molar-refractivity contribution in [2.75, 3.05) is 11.9 Å². The van der Waals surface area contributed by atoms with Crippen molar-refractivity contribution in [3.05, 3.63) is 17.0 Å². The van der Waals surface area contributed by atoms with Crippen LogP contribution in [0.15, 0.2) is 6.07 Å². The second-order valence-corrected chi connectivity index (χ2v) is 5.96. The lowest BCUT2D eigenvalue weighted by molar-refractivity contribution is 0.233. The molecular weight excluding hydrogens is 246 g/mol. The van der Waals surface area contributed by atoms with E-state index in [1.165, 1.54) is 32.1 Å². The third-order valence-corrected chi connectivity index (χ3v) is 4.01. The molecule has 3 nitrogen and oxygen atoms in total. The summed E-state index contributed by atoms with van der Waals surface area (Å²) in [7, 11) is 0. The minimum absolute atomic E-state index is 0.405. The third-order valence-electron chi connectivity index (χ3n) is 3.81. The second-order valence-electron chi connectivity index (χ2n) is 5.57. The van der Waals surface area contributed by atoms with Crippen LogP contribution in [0.4, 0.5) is 5.82 Å². The molecule has 1 aromatic rings. The first-order chi connectivity index (χ1) is 8.61. The number of nitrogens with one attached hydrogen (secondary N) is 1. The van der Waals surface area contributed by atoms with E-state index in [0.29, 0.717) is 10.6 Å². The van der Waals surface area contributed by atoms with Gasteiger partial charge in [-0.3, -0.25) is 0 Å². The highest BCUT2D eigenvalue weighted by atomic mass is 35.5. The van der Waals surface area contributed by atoms with Gasteiger partial charge in [0.05, 0.1) is 0 Å². The summed E-state index contributed by atoms with van der Waals surface area (Å²) in [6, 6.07) is 1.81. The Bertz CT molecular complexity index is 400. The molecule has 0 bridgehead atoms. The molecule has 0 amide bonds. The highest BCUT2D eigenvalue weighted by molar-refractivity contribution is 6.29. The standard InChI is InChI=1S/C14H22ClN3/c1-3-12-17-11(15)9-13(18-12)16-10-14(2)7-5-4-6-8-14/h9H,3-8,10H2,1-2H3,(H,16,17,18). The molecule has 4 heteroatoms. The summed E-state index contributed by atoms with van der Waals surface area (Å²) >= 11 is 5.99. The minimum Gasteiger partial charge on any atom is -0.369 e. The summed E-state index contributed by atoms with van der Waals surface area (Å²) in [4.78, 5) is 8.64. The highest BCUT2D eigenvalue weighted by Crippen LogP contribution is 2.35. The maximum atomic E-state index is 5.99. The molecule has 1 N–H and O–H groups in total. The molecule has 0 saturated heterocycles. The van der Waals surface area contributed by atoms with Crippen molar-refractivity contribution in [3.8, 4) is 0 Å². The molecule has 1 fully saturated rings. The van der Waals surface area contributed by atoms with E-state index >= 15 is 0 Å². The van der Waals surface area contributed by atoms with Crippen molar-refractivity contribution in [1.82, 2.24) is 9.97 Å². The Morgan fingerprint density at radius 1 is 1.28 bits per heavy atom. The topological polar surface area (TPSA) is 37.8 Å². The van der Waals surface area contributed by atoms with E-state index in [0.717, 1.165) is 24.6 Å². The molecule has 1 aliphatic carbocycles. The number of hydrogen-bond acceptors (Lipinski definition) is 3. The predicted molar refractivity (Wildman–Crippen MR) is 76.1 cm³/mol. The number of halogens is 1. The molecule has 0 radical (unpaired) electrons. The van der Waals surface area contributed by atoms with Crippen molar-refractivity contribution in [1.29, 1.82) is 0 Å². The largest absolute Gasteiger partial charge is 0.369 e. The van der Waals surface area contributed by atoms with Gasteiger partial charge in [0.2, 0.25) is 0 Å². The monoisotopic (exact) mass is 267 g/mol. The van der Waals surface area contributed by atoms with E-state index in [-0.39, 0.29) is 0 Å². The first kappa shape index (κ1) is 13.6. The Morgan fingerprint density at radius 3 is 2.67 bits per heavy atom. The van der Waals surface area contributed by atoms with Crippen LogP contribution in [-0.2, 0) is 6.42 Å². The average Bonchev–Trinajstić information content (AvgIpc) is 2.37. The van der Waals surface area contributed by atoms with Gasteiger partial charge in [-0.1, -0.05) is 44.7 Å². The lowest BCUT2D eigenvalue weighted by atomic mass is 9.76. The van der Waals surface area contributed by atoms with Crippen LogP contribution in [0.1, 0.15) is 51.8 Å². The summed E-state index contributed by atoms with van der Waals surface area (Å²) in [6.07, 6.45) is 7.51. The SMILES string of the molecule is CCc1nc(Cl)cc(NCC2(C)CCCCC2)n1. The molecule has 1 heterocycles. The molecule has 0 atom stereocenters. The van der Waals surface area contributed by atoms with Gasteiger partial charge in [0.25, 0.3) is 0 Å². The van der Waals surface area contributed by atoms with Gasteiger partial charge in [0.1, 0.15) is 16.8 Å². The number of aromatic nitrogens is 2. The summed E-state index contributed by atoms with van der Waals surface area (Å²) in [5.41, 5.74) is 0.405. The smallest absolute Gasteiger partial charge is 0.134 e. The quantitative estimate of drug-likeness (QED) is 0.836. The highest BCUT2D eigenvalue weighted by Gasteiger charge is 2.26. The van der Waals surface area contributed by atoms with E-state index in [9.17, 15) is 0 Å².